The molecule has 9 heteroatoms. The second-order valence-corrected chi connectivity index (χ2v) is 11.0. The molecular formula is C23H21N3O3S3. The number of fused-ring (bicyclic) bond motifs is 1. The lowest BCUT2D eigenvalue weighted by atomic mass is 10.2. The number of carbonyl (C=O) groups is 1. The summed E-state index contributed by atoms with van der Waals surface area (Å²) in [6.45, 7) is 3.78. The summed E-state index contributed by atoms with van der Waals surface area (Å²) in [6.07, 6.45) is 0. The van der Waals surface area contributed by atoms with Gasteiger partial charge in [0.2, 0.25) is 5.91 Å². The summed E-state index contributed by atoms with van der Waals surface area (Å²) in [5.41, 5.74) is 3.19. The normalized spacial score (nSPS) is 11.4. The van der Waals surface area contributed by atoms with Crippen LogP contribution in [0.2, 0.25) is 0 Å². The maximum atomic E-state index is 12.7. The van der Waals surface area contributed by atoms with Crippen LogP contribution in [0.3, 0.4) is 0 Å². The molecule has 0 saturated carbocycles. The monoisotopic (exact) mass is 483 g/mol. The van der Waals surface area contributed by atoms with Crippen LogP contribution >= 0.6 is 23.1 Å². The Balaban J connectivity index is 1.49. The topological polar surface area (TPSA) is 88.2 Å². The first-order chi connectivity index (χ1) is 15.3. The van der Waals surface area contributed by atoms with E-state index in [1.54, 1.807) is 24.3 Å². The van der Waals surface area contributed by atoms with E-state index in [-0.39, 0.29) is 15.9 Å². The Kier molecular flexibility index (Phi) is 6.50. The Morgan fingerprint density at radius 1 is 1.03 bits per heavy atom. The lowest BCUT2D eigenvalue weighted by Crippen LogP contribution is -2.14. The van der Waals surface area contributed by atoms with Gasteiger partial charge in [0, 0.05) is 10.6 Å². The molecule has 0 radical (unpaired) electrons. The molecule has 0 atom stereocenters. The van der Waals surface area contributed by atoms with Crippen molar-refractivity contribution in [2.45, 2.75) is 23.6 Å². The Morgan fingerprint density at radius 3 is 2.47 bits per heavy atom. The van der Waals surface area contributed by atoms with E-state index < -0.39 is 10.0 Å². The predicted molar refractivity (Wildman–Crippen MR) is 132 cm³/mol. The van der Waals surface area contributed by atoms with Crippen molar-refractivity contribution in [1.82, 2.24) is 4.98 Å². The molecule has 3 aromatic carbocycles. The van der Waals surface area contributed by atoms with Gasteiger partial charge in [-0.25, -0.2) is 13.4 Å². The molecular weight excluding hydrogens is 462 g/mol. The third kappa shape index (κ3) is 5.29. The van der Waals surface area contributed by atoms with Crippen LogP contribution in [0.1, 0.15) is 11.1 Å². The van der Waals surface area contributed by atoms with Crippen molar-refractivity contribution in [3.63, 3.8) is 0 Å². The van der Waals surface area contributed by atoms with Crippen LogP contribution in [0, 0.1) is 13.8 Å². The van der Waals surface area contributed by atoms with Gasteiger partial charge in [-0.15, -0.1) is 11.8 Å². The van der Waals surface area contributed by atoms with Crippen LogP contribution in [0.5, 0.6) is 0 Å². The third-order valence-electron chi connectivity index (χ3n) is 4.64. The Morgan fingerprint density at radius 2 is 1.75 bits per heavy atom. The second-order valence-electron chi connectivity index (χ2n) is 7.23. The Bertz CT molecular complexity index is 1370. The maximum Gasteiger partial charge on any atom is 0.263 e. The highest BCUT2D eigenvalue weighted by molar-refractivity contribution is 8.00. The highest BCUT2D eigenvalue weighted by Gasteiger charge is 2.17. The number of hydrogen-bond donors (Lipinski definition) is 2. The number of nitrogens with one attached hydrogen (secondary N) is 2. The molecule has 0 bridgehead atoms. The van der Waals surface area contributed by atoms with Gasteiger partial charge >= 0.3 is 0 Å². The number of thioether (sulfide) groups is 1. The highest BCUT2D eigenvalue weighted by atomic mass is 32.2. The van der Waals surface area contributed by atoms with Gasteiger partial charge in [-0.3, -0.25) is 9.52 Å². The van der Waals surface area contributed by atoms with Gasteiger partial charge < -0.3 is 5.32 Å². The molecule has 1 amide bonds. The summed E-state index contributed by atoms with van der Waals surface area (Å²) in [5.74, 6) is 0.188. The summed E-state index contributed by atoms with van der Waals surface area (Å²) >= 11 is 2.70. The molecule has 0 fully saturated rings. The van der Waals surface area contributed by atoms with Crippen LogP contribution in [-0.2, 0) is 14.8 Å². The van der Waals surface area contributed by atoms with Gasteiger partial charge in [0.15, 0.2) is 5.13 Å². The van der Waals surface area contributed by atoms with E-state index in [4.69, 9.17) is 0 Å². The fourth-order valence-electron chi connectivity index (χ4n) is 3.07. The van der Waals surface area contributed by atoms with Gasteiger partial charge in [-0.2, -0.15) is 0 Å². The Labute approximate surface area is 195 Å². The molecule has 0 aliphatic rings. The second kappa shape index (κ2) is 9.32. The molecule has 0 aliphatic carbocycles. The van der Waals surface area contributed by atoms with E-state index in [0.717, 1.165) is 20.7 Å². The summed E-state index contributed by atoms with van der Waals surface area (Å²) in [5, 5.41) is 3.20. The summed E-state index contributed by atoms with van der Waals surface area (Å²) in [4.78, 5) is 18.0. The molecule has 32 heavy (non-hydrogen) atoms. The molecule has 0 saturated heterocycles. The SMILES string of the molecule is Cc1ccc(S(=O)(=O)Nc2nc3c(C)cc(NC(=O)CSc4ccccc4)cc3s2)cc1. The first kappa shape index (κ1) is 22.3. The number of benzene rings is 3. The molecule has 164 valence electrons. The zero-order valence-electron chi connectivity index (χ0n) is 17.5. The quantitative estimate of drug-likeness (QED) is 0.342. The zero-order valence-corrected chi connectivity index (χ0v) is 19.9. The van der Waals surface area contributed by atoms with Crippen molar-refractivity contribution in [2.75, 3.05) is 15.8 Å². The first-order valence-corrected chi connectivity index (χ1v) is 13.1. The number of sulfonamides is 1. The summed E-state index contributed by atoms with van der Waals surface area (Å²) in [7, 11) is -3.73. The van der Waals surface area contributed by atoms with Crippen molar-refractivity contribution in [2.24, 2.45) is 0 Å². The van der Waals surface area contributed by atoms with Crippen molar-refractivity contribution in [1.29, 1.82) is 0 Å². The number of rotatable bonds is 7. The minimum absolute atomic E-state index is 0.109. The van der Waals surface area contributed by atoms with Gasteiger partial charge in [-0.05, 0) is 55.8 Å². The van der Waals surface area contributed by atoms with Crippen LogP contribution in [0.4, 0.5) is 10.8 Å². The van der Waals surface area contributed by atoms with E-state index in [0.29, 0.717) is 17.0 Å². The summed E-state index contributed by atoms with van der Waals surface area (Å²) < 4.78 is 28.7. The molecule has 0 unspecified atom stereocenters. The van der Waals surface area contributed by atoms with E-state index in [1.807, 2.05) is 56.3 Å². The van der Waals surface area contributed by atoms with Gasteiger partial charge in [0.1, 0.15) is 0 Å². The van der Waals surface area contributed by atoms with Crippen LogP contribution in [0.15, 0.2) is 76.5 Å². The van der Waals surface area contributed by atoms with E-state index in [1.165, 1.54) is 23.1 Å². The lowest BCUT2D eigenvalue weighted by molar-refractivity contribution is -0.113. The minimum Gasteiger partial charge on any atom is -0.325 e. The molecule has 4 aromatic rings. The van der Waals surface area contributed by atoms with Crippen LogP contribution in [-0.4, -0.2) is 25.1 Å². The van der Waals surface area contributed by atoms with Gasteiger partial charge in [-0.1, -0.05) is 47.2 Å². The van der Waals surface area contributed by atoms with Crippen molar-refractivity contribution < 1.29 is 13.2 Å². The Hall–Kier alpha value is -2.88. The molecule has 4 rings (SSSR count). The third-order valence-corrected chi connectivity index (χ3v) is 8.05. The fraction of sp³-hybridized carbons (Fsp3) is 0.130. The average Bonchev–Trinajstić information content (AvgIpc) is 3.15. The fourth-order valence-corrected chi connectivity index (χ4v) is 6.00. The van der Waals surface area contributed by atoms with Crippen molar-refractivity contribution in [3.05, 3.63) is 77.9 Å². The molecule has 1 heterocycles. The molecule has 0 spiro atoms. The number of carbonyl (C=O) groups excluding carboxylic acids is 1. The largest absolute Gasteiger partial charge is 0.325 e. The highest BCUT2D eigenvalue weighted by Crippen LogP contribution is 2.32. The predicted octanol–water partition coefficient (Wildman–Crippen LogP) is 5.44. The molecule has 1 aromatic heterocycles. The van der Waals surface area contributed by atoms with Crippen LogP contribution < -0.4 is 10.0 Å². The molecule has 0 aliphatic heterocycles. The van der Waals surface area contributed by atoms with Crippen molar-refractivity contribution >= 4 is 60.1 Å². The average molecular weight is 484 g/mol. The van der Waals surface area contributed by atoms with E-state index in [9.17, 15) is 13.2 Å². The molecule has 2 N–H and O–H groups in total. The standard InChI is InChI=1S/C23H21N3O3S3/c1-15-8-10-19(11-9-15)32(28,29)26-23-25-22-16(2)12-17(13-20(22)31-23)24-21(27)14-30-18-6-4-3-5-7-18/h3-13H,14H2,1-2H3,(H,24,27)(H,25,26). The van der Waals surface area contributed by atoms with Gasteiger partial charge in [0.05, 0.1) is 20.9 Å². The smallest absolute Gasteiger partial charge is 0.263 e. The first-order valence-electron chi connectivity index (χ1n) is 9.78. The van der Waals surface area contributed by atoms with Crippen molar-refractivity contribution in [3.8, 4) is 0 Å². The molecule has 6 nitrogen and oxygen atoms in total. The lowest BCUT2D eigenvalue weighted by Gasteiger charge is -2.06. The van der Waals surface area contributed by atoms with E-state index >= 15 is 0 Å². The maximum absolute atomic E-state index is 12.7. The van der Waals surface area contributed by atoms with Gasteiger partial charge in [0.25, 0.3) is 10.0 Å². The number of hydrogen-bond acceptors (Lipinski definition) is 6. The number of amides is 1. The number of aryl methyl sites for hydroxylation is 2. The number of nitrogens with zero attached hydrogens (tertiary/aromatic N) is 1. The minimum atomic E-state index is -3.73. The van der Waals surface area contributed by atoms with Crippen LogP contribution in [0.25, 0.3) is 10.2 Å². The van der Waals surface area contributed by atoms with E-state index in [2.05, 4.69) is 15.0 Å². The number of aromatic nitrogens is 1. The number of thiazole rings is 1. The number of anilines is 2. The zero-order chi connectivity index (χ0) is 22.7. The summed E-state index contributed by atoms with van der Waals surface area (Å²) in [6, 6.07) is 20.0.